The lowest BCUT2D eigenvalue weighted by atomic mass is 10.2. The molecule has 0 aliphatic heterocycles. The highest BCUT2D eigenvalue weighted by Crippen LogP contribution is 2.25. The number of nitrogens with zero attached hydrogens (tertiary/aromatic N) is 2. The van der Waals surface area contributed by atoms with Gasteiger partial charge < -0.3 is 15.0 Å². The van der Waals surface area contributed by atoms with Crippen LogP contribution in [0.5, 0.6) is 0 Å². The number of anilines is 1. The smallest absolute Gasteiger partial charge is 0.399 e. The second-order valence-corrected chi connectivity index (χ2v) is 5.12. The molecule has 21 heavy (non-hydrogen) atoms. The van der Waals surface area contributed by atoms with Gasteiger partial charge in [0.15, 0.2) is 5.82 Å². The molecule has 114 valence electrons. The third-order valence-corrected chi connectivity index (χ3v) is 2.83. The summed E-state index contributed by atoms with van der Waals surface area (Å²) in [7, 11) is 0. The predicted octanol–water partition coefficient (Wildman–Crippen LogP) is 3.20. The van der Waals surface area contributed by atoms with E-state index >= 15 is 0 Å². The fourth-order valence-electron chi connectivity index (χ4n) is 1.56. The number of nitrogen functional groups attached to an aromatic ring is 1. The van der Waals surface area contributed by atoms with Gasteiger partial charge in [-0.3, -0.25) is 0 Å². The Morgan fingerprint density at radius 2 is 2.05 bits per heavy atom. The van der Waals surface area contributed by atoms with Gasteiger partial charge in [0.1, 0.15) is 6.61 Å². The summed E-state index contributed by atoms with van der Waals surface area (Å²) in [5, 5.41) is 3.68. The number of ether oxygens (including phenoxy) is 1. The maximum atomic E-state index is 11.9. The van der Waals surface area contributed by atoms with Crippen molar-refractivity contribution in [1.29, 1.82) is 0 Å². The van der Waals surface area contributed by atoms with Crippen LogP contribution in [0.25, 0.3) is 11.5 Å². The standard InChI is InChI=1S/C12H11BrF3N3O2/c13-8-3-7(4-9(17)5-8)11-18-10(19-21-11)1-2-20-6-12(14,15)16/h3-5H,1-2,6,17H2. The van der Waals surface area contributed by atoms with Crippen LogP contribution in [0, 0.1) is 0 Å². The van der Waals surface area contributed by atoms with Crippen molar-refractivity contribution in [3.63, 3.8) is 0 Å². The van der Waals surface area contributed by atoms with Crippen molar-refractivity contribution in [3.8, 4) is 11.5 Å². The van der Waals surface area contributed by atoms with Crippen molar-refractivity contribution >= 4 is 21.6 Å². The van der Waals surface area contributed by atoms with Crippen LogP contribution in [0.3, 0.4) is 0 Å². The monoisotopic (exact) mass is 365 g/mol. The number of alkyl halides is 3. The van der Waals surface area contributed by atoms with Crippen molar-refractivity contribution in [3.05, 3.63) is 28.5 Å². The zero-order chi connectivity index (χ0) is 15.5. The Morgan fingerprint density at radius 3 is 2.71 bits per heavy atom. The summed E-state index contributed by atoms with van der Waals surface area (Å²) in [5.41, 5.74) is 6.84. The van der Waals surface area contributed by atoms with Gasteiger partial charge in [0.05, 0.1) is 6.61 Å². The van der Waals surface area contributed by atoms with E-state index in [1.807, 2.05) is 0 Å². The minimum Gasteiger partial charge on any atom is -0.399 e. The van der Waals surface area contributed by atoms with E-state index in [4.69, 9.17) is 10.3 Å². The van der Waals surface area contributed by atoms with E-state index in [0.717, 1.165) is 4.47 Å². The molecule has 0 bridgehead atoms. The van der Waals surface area contributed by atoms with E-state index in [0.29, 0.717) is 11.3 Å². The molecule has 2 aromatic rings. The van der Waals surface area contributed by atoms with E-state index in [9.17, 15) is 13.2 Å². The van der Waals surface area contributed by atoms with Crippen molar-refractivity contribution < 1.29 is 22.4 Å². The number of hydrogen-bond acceptors (Lipinski definition) is 5. The predicted molar refractivity (Wildman–Crippen MR) is 72.4 cm³/mol. The second-order valence-electron chi connectivity index (χ2n) is 4.21. The van der Waals surface area contributed by atoms with Gasteiger partial charge in [0.2, 0.25) is 0 Å². The van der Waals surface area contributed by atoms with Crippen LogP contribution >= 0.6 is 15.9 Å². The van der Waals surface area contributed by atoms with Gasteiger partial charge in [0, 0.05) is 22.1 Å². The molecule has 0 unspecified atom stereocenters. The Balaban J connectivity index is 1.95. The third-order valence-electron chi connectivity index (χ3n) is 2.37. The van der Waals surface area contributed by atoms with Gasteiger partial charge in [-0.25, -0.2) is 0 Å². The molecule has 0 saturated carbocycles. The highest BCUT2D eigenvalue weighted by molar-refractivity contribution is 9.10. The fraction of sp³-hybridized carbons (Fsp3) is 0.333. The molecule has 0 saturated heterocycles. The number of halogens is 4. The Bertz CT molecular complexity index is 596. The van der Waals surface area contributed by atoms with Crippen LogP contribution in [0.1, 0.15) is 5.82 Å². The van der Waals surface area contributed by atoms with Crippen LogP contribution in [-0.4, -0.2) is 29.5 Å². The van der Waals surface area contributed by atoms with E-state index < -0.39 is 12.8 Å². The minimum absolute atomic E-state index is 0.128. The molecule has 1 heterocycles. The van der Waals surface area contributed by atoms with Crippen molar-refractivity contribution in [2.45, 2.75) is 12.6 Å². The van der Waals surface area contributed by atoms with Gasteiger partial charge in [-0.2, -0.15) is 18.2 Å². The largest absolute Gasteiger partial charge is 0.411 e. The molecule has 0 amide bonds. The Kier molecular flexibility index (Phi) is 4.84. The van der Waals surface area contributed by atoms with Crippen molar-refractivity contribution in [1.82, 2.24) is 10.1 Å². The Labute approximate surface area is 126 Å². The molecule has 0 aliphatic rings. The van der Waals surface area contributed by atoms with Gasteiger partial charge in [-0.15, -0.1) is 0 Å². The zero-order valence-corrected chi connectivity index (χ0v) is 12.2. The summed E-state index contributed by atoms with van der Waals surface area (Å²) in [4.78, 5) is 4.08. The first kappa shape index (κ1) is 15.8. The molecule has 1 aromatic heterocycles. The van der Waals surface area contributed by atoms with Crippen molar-refractivity contribution in [2.24, 2.45) is 0 Å². The van der Waals surface area contributed by atoms with E-state index in [-0.39, 0.29) is 24.7 Å². The average molecular weight is 366 g/mol. The number of aromatic nitrogens is 2. The van der Waals surface area contributed by atoms with Gasteiger partial charge >= 0.3 is 6.18 Å². The van der Waals surface area contributed by atoms with Crippen LogP contribution in [0.4, 0.5) is 18.9 Å². The first-order valence-electron chi connectivity index (χ1n) is 5.87. The zero-order valence-electron chi connectivity index (χ0n) is 10.7. The SMILES string of the molecule is Nc1cc(Br)cc(-c2nc(CCOCC(F)(F)F)no2)c1. The lowest BCUT2D eigenvalue weighted by Gasteiger charge is -2.05. The summed E-state index contributed by atoms with van der Waals surface area (Å²) < 4.78 is 46.0. The summed E-state index contributed by atoms with van der Waals surface area (Å²) in [6.45, 7) is -1.43. The van der Waals surface area contributed by atoms with E-state index in [1.54, 1.807) is 18.2 Å². The average Bonchev–Trinajstić information content (AvgIpc) is 2.81. The molecule has 0 aliphatic carbocycles. The van der Waals surface area contributed by atoms with Crippen molar-refractivity contribution in [2.75, 3.05) is 18.9 Å². The second kappa shape index (κ2) is 6.44. The fourth-order valence-corrected chi connectivity index (χ4v) is 2.07. The highest BCUT2D eigenvalue weighted by Gasteiger charge is 2.27. The molecule has 5 nitrogen and oxygen atoms in total. The summed E-state index contributed by atoms with van der Waals surface area (Å²) >= 11 is 3.29. The minimum atomic E-state index is -4.34. The van der Waals surface area contributed by atoms with Gasteiger partial charge in [-0.1, -0.05) is 21.1 Å². The van der Waals surface area contributed by atoms with E-state index in [1.165, 1.54) is 0 Å². The quantitative estimate of drug-likeness (QED) is 0.650. The number of rotatable bonds is 5. The van der Waals surface area contributed by atoms with Gasteiger partial charge in [0.25, 0.3) is 5.89 Å². The summed E-state index contributed by atoms with van der Waals surface area (Å²) in [5.74, 6) is 0.513. The number of benzene rings is 1. The Hall–Kier alpha value is -1.61. The highest BCUT2D eigenvalue weighted by atomic mass is 79.9. The molecule has 9 heteroatoms. The lowest BCUT2D eigenvalue weighted by molar-refractivity contribution is -0.173. The van der Waals surface area contributed by atoms with Gasteiger partial charge in [-0.05, 0) is 18.2 Å². The van der Waals surface area contributed by atoms with Crippen LogP contribution in [0.15, 0.2) is 27.2 Å². The van der Waals surface area contributed by atoms with Crippen LogP contribution in [-0.2, 0) is 11.2 Å². The van der Waals surface area contributed by atoms with Crippen LogP contribution in [0.2, 0.25) is 0 Å². The molecule has 0 spiro atoms. The summed E-state index contributed by atoms with van der Waals surface area (Å²) in [6, 6.07) is 5.11. The maximum absolute atomic E-state index is 11.9. The first-order valence-corrected chi connectivity index (χ1v) is 6.66. The maximum Gasteiger partial charge on any atom is 0.411 e. The lowest BCUT2D eigenvalue weighted by Crippen LogP contribution is -2.18. The van der Waals surface area contributed by atoms with E-state index in [2.05, 4.69) is 30.8 Å². The molecule has 1 aromatic carbocycles. The molecule has 0 fully saturated rings. The molecular formula is C12H11BrF3N3O2. The van der Waals surface area contributed by atoms with Crippen LogP contribution < -0.4 is 5.73 Å². The third kappa shape index (κ3) is 5.01. The number of hydrogen-bond donors (Lipinski definition) is 1. The first-order chi connectivity index (χ1) is 9.83. The topological polar surface area (TPSA) is 74.2 Å². The Morgan fingerprint density at radius 1 is 1.29 bits per heavy atom. The summed E-state index contributed by atoms with van der Waals surface area (Å²) in [6.07, 6.45) is -4.21. The molecule has 0 atom stereocenters. The number of nitrogens with two attached hydrogens (primary N) is 1. The molecule has 2 rings (SSSR count). The molecular weight excluding hydrogens is 355 g/mol. The molecule has 0 radical (unpaired) electrons. The molecule has 2 N–H and O–H groups in total. The normalized spacial score (nSPS) is 11.8.